The Morgan fingerprint density at radius 2 is 2.35 bits per heavy atom. The van der Waals surface area contributed by atoms with Crippen LogP contribution in [0.1, 0.15) is 19.8 Å². The van der Waals surface area contributed by atoms with E-state index in [1.165, 1.54) is 17.5 Å². The Morgan fingerprint density at radius 1 is 1.53 bits per heavy atom. The van der Waals surface area contributed by atoms with Crippen LogP contribution in [0, 0.1) is 11.8 Å². The monoisotopic (exact) mass is 310 g/mol. The molecule has 1 unspecified atom stereocenters. The van der Waals surface area contributed by atoms with E-state index < -0.39 is 0 Å². The Labute approximate surface area is 114 Å². The molecule has 4 heteroatoms. The van der Waals surface area contributed by atoms with Crippen molar-refractivity contribution in [2.24, 2.45) is 11.8 Å². The first-order chi connectivity index (χ1) is 8.22. The first-order valence-corrected chi connectivity index (χ1v) is 7.63. The van der Waals surface area contributed by atoms with E-state index in [4.69, 9.17) is 0 Å². The number of anilines is 1. The van der Waals surface area contributed by atoms with Gasteiger partial charge >= 0.3 is 0 Å². The van der Waals surface area contributed by atoms with Gasteiger partial charge in [0.1, 0.15) is 0 Å². The third-order valence-electron chi connectivity index (χ3n) is 3.35. The maximum absolute atomic E-state index is 4.59. The number of hydrogen-bond acceptors (Lipinski definition) is 3. The minimum absolute atomic E-state index is 0.772. The smallest absolute Gasteiger partial charge is 0.183 e. The quantitative estimate of drug-likeness (QED) is 0.898. The van der Waals surface area contributed by atoms with Crippen LogP contribution in [0.15, 0.2) is 22.7 Å². The summed E-state index contributed by atoms with van der Waals surface area (Å²) in [5.41, 5.74) is 1.08. The zero-order chi connectivity index (χ0) is 11.8. The Kier molecular flexibility index (Phi) is 3.09. The van der Waals surface area contributed by atoms with E-state index in [0.717, 1.165) is 33.5 Å². The van der Waals surface area contributed by atoms with E-state index in [1.54, 1.807) is 11.3 Å². The summed E-state index contributed by atoms with van der Waals surface area (Å²) >= 11 is 5.22. The van der Waals surface area contributed by atoms with Crippen LogP contribution in [-0.4, -0.2) is 11.5 Å². The van der Waals surface area contributed by atoms with Crippen molar-refractivity contribution in [3.63, 3.8) is 0 Å². The molecule has 0 aliphatic heterocycles. The lowest BCUT2D eigenvalue weighted by molar-refractivity contribution is 0.536. The predicted octanol–water partition coefficient (Wildman–Crippen LogP) is 4.52. The number of nitrogens with one attached hydrogen (secondary N) is 1. The standard InChI is InChI=1S/C13H15BrN2S/c1-8(9-2-3-9)7-15-13-16-11-5-4-10(14)6-12(11)17-13/h4-6,8-9H,2-3,7H2,1H3,(H,15,16). The predicted molar refractivity (Wildman–Crippen MR) is 77.7 cm³/mol. The number of nitrogens with zero attached hydrogens (tertiary/aromatic N) is 1. The van der Waals surface area contributed by atoms with Gasteiger partial charge < -0.3 is 5.32 Å². The van der Waals surface area contributed by atoms with E-state index >= 15 is 0 Å². The molecule has 1 saturated carbocycles. The Balaban J connectivity index is 1.72. The van der Waals surface area contributed by atoms with Crippen molar-refractivity contribution in [3.05, 3.63) is 22.7 Å². The van der Waals surface area contributed by atoms with E-state index in [-0.39, 0.29) is 0 Å². The summed E-state index contributed by atoms with van der Waals surface area (Å²) in [6.45, 7) is 3.38. The average Bonchev–Trinajstić information content (AvgIpc) is 3.07. The van der Waals surface area contributed by atoms with Crippen molar-refractivity contribution in [1.29, 1.82) is 0 Å². The molecule has 90 valence electrons. The Hall–Kier alpha value is -0.610. The van der Waals surface area contributed by atoms with E-state index in [9.17, 15) is 0 Å². The zero-order valence-corrected chi connectivity index (χ0v) is 12.1. The van der Waals surface area contributed by atoms with Gasteiger partial charge in [-0.15, -0.1) is 0 Å². The summed E-state index contributed by atoms with van der Waals surface area (Å²) < 4.78 is 2.35. The molecular formula is C13H15BrN2S. The molecule has 1 atom stereocenters. The Bertz CT molecular complexity index is 533. The fraction of sp³-hybridized carbons (Fsp3) is 0.462. The summed E-state index contributed by atoms with van der Waals surface area (Å²) in [5.74, 6) is 1.72. The molecule has 1 aliphatic rings. The van der Waals surface area contributed by atoms with Crippen molar-refractivity contribution >= 4 is 42.6 Å². The van der Waals surface area contributed by atoms with E-state index in [0.29, 0.717) is 0 Å². The van der Waals surface area contributed by atoms with Gasteiger partial charge in [0.2, 0.25) is 0 Å². The van der Waals surface area contributed by atoms with Gasteiger partial charge in [-0.3, -0.25) is 0 Å². The van der Waals surface area contributed by atoms with Gasteiger partial charge in [0, 0.05) is 11.0 Å². The maximum atomic E-state index is 4.59. The molecule has 2 aromatic rings. The van der Waals surface area contributed by atoms with Crippen LogP contribution < -0.4 is 5.32 Å². The van der Waals surface area contributed by atoms with Gasteiger partial charge in [-0.2, -0.15) is 0 Å². The number of halogens is 1. The summed E-state index contributed by atoms with van der Waals surface area (Å²) in [7, 11) is 0. The number of aromatic nitrogens is 1. The normalized spacial score (nSPS) is 17.3. The molecular weight excluding hydrogens is 296 g/mol. The fourth-order valence-corrected chi connectivity index (χ4v) is 3.48. The first-order valence-electron chi connectivity index (χ1n) is 6.02. The number of benzene rings is 1. The molecule has 1 fully saturated rings. The van der Waals surface area contributed by atoms with Gasteiger partial charge in [0.25, 0.3) is 0 Å². The van der Waals surface area contributed by atoms with Gasteiger partial charge in [-0.1, -0.05) is 34.2 Å². The summed E-state index contributed by atoms with van der Waals surface area (Å²) in [4.78, 5) is 4.59. The average molecular weight is 311 g/mol. The fourth-order valence-electron chi connectivity index (χ4n) is 2.05. The second-order valence-corrected chi connectivity index (χ2v) is 6.77. The minimum atomic E-state index is 0.772. The van der Waals surface area contributed by atoms with Crippen LogP contribution in [0.3, 0.4) is 0 Å². The molecule has 1 aromatic carbocycles. The molecule has 0 bridgehead atoms. The lowest BCUT2D eigenvalue weighted by atomic mass is 10.1. The number of hydrogen-bond donors (Lipinski definition) is 1. The van der Waals surface area contributed by atoms with Crippen molar-refractivity contribution in [1.82, 2.24) is 4.98 Å². The molecule has 1 N–H and O–H groups in total. The maximum Gasteiger partial charge on any atom is 0.183 e. The molecule has 0 radical (unpaired) electrons. The molecule has 1 aliphatic carbocycles. The van der Waals surface area contributed by atoms with Gasteiger partial charge in [-0.25, -0.2) is 4.98 Å². The molecule has 17 heavy (non-hydrogen) atoms. The highest BCUT2D eigenvalue weighted by Crippen LogP contribution is 2.37. The first kappa shape index (κ1) is 11.5. The Morgan fingerprint density at radius 3 is 3.12 bits per heavy atom. The van der Waals surface area contributed by atoms with E-state index in [2.05, 4.69) is 45.3 Å². The third-order valence-corrected chi connectivity index (χ3v) is 4.82. The third kappa shape index (κ3) is 2.63. The van der Waals surface area contributed by atoms with Crippen LogP contribution in [0.25, 0.3) is 10.2 Å². The molecule has 0 saturated heterocycles. The SMILES string of the molecule is CC(CNc1nc2ccc(Br)cc2s1)C1CC1. The number of fused-ring (bicyclic) bond motifs is 1. The van der Waals surface area contributed by atoms with Gasteiger partial charge in [0.05, 0.1) is 10.2 Å². The second-order valence-electron chi connectivity index (χ2n) is 4.83. The lowest BCUT2D eigenvalue weighted by Crippen LogP contribution is -2.12. The van der Waals surface area contributed by atoms with Crippen molar-refractivity contribution < 1.29 is 0 Å². The second kappa shape index (κ2) is 4.58. The zero-order valence-electron chi connectivity index (χ0n) is 9.74. The lowest BCUT2D eigenvalue weighted by Gasteiger charge is -2.09. The molecule has 0 spiro atoms. The minimum Gasteiger partial charge on any atom is -0.361 e. The van der Waals surface area contributed by atoms with Crippen LogP contribution in [0.4, 0.5) is 5.13 Å². The van der Waals surface area contributed by atoms with Gasteiger partial charge in [0.15, 0.2) is 5.13 Å². The topological polar surface area (TPSA) is 24.9 Å². The highest BCUT2D eigenvalue weighted by Gasteiger charge is 2.27. The summed E-state index contributed by atoms with van der Waals surface area (Å²) in [5, 5.41) is 4.51. The highest BCUT2D eigenvalue weighted by atomic mass is 79.9. The van der Waals surface area contributed by atoms with Crippen LogP contribution in [0.2, 0.25) is 0 Å². The van der Waals surface area contributed by atoms with Gasteiger partial charge in [-0.05, 0) is 42.9 Å². The molecule has 1 heterocycles. The van der Waals surface area contributed by atoms with Crippen LogP contribution in [0.5, 0.6) is 0 Å². The molecule has 3 rings (SSSR count). The van der Waals surface area contributed by atoms with Crippen LogP contribution >= 0.6 is 27.3 Å². The van der Waals surface area contributed by atoms with Crippen molar-refractivity contribution in [2.75, 3.05) is 11.9 Å². The van der Waals surface area contributed by atoms with E-state index in [1.807, 2.05) is 6.07 Å². The summed E-state index contributed by atoms with van der Waals surface area (Å²) in [6, 6.07) is 6.23. The highest BCUT2D eigenvalue weighted by molar-refractivity contribution is 9.10. The summed E-state index contributed by atoms with van der Waals surface area (Å²) in [6.07, 6.45) is 2.82. The molecule has 1 aromatic heterocycles. The number of thiazole rings is 1. The largest absolute Gasteiger partial charge is 0.361 e. The molecule has 2 nitrogen and oxygen atoms in total. The molecule has 0 amide bonds. The van der Waals surface area contributed by atoms with Crippen molar-refractivity contribution in [2.45, 2.75) is 19.8 Å². The number of rotatable bonds is 4. The van der Waals surface area contributed by atoms with Crippen LogP contribution in [-0.2, 0) is 0 Å². The van der Waals surface area contributed by atoms with Crippen molar-refractivity contribution in [3.8, 4) is 0 Å².